The van der Waals surface area contributed by atoms with Crippen LogP contribution < -0.4 is 0 Å². The third-order valence-corrected chi connectivity index (χ3v) is 5.17. The van der Waals surface area contributed by atoms with Gasteiger partial charge in [-0.05, 0) is 50.4 Å². The average Bonchev–Trinajstić information content (AvgIpc) is 2.88. The van der Waals surface area contributed by atoms with E-state index in [9.17, 15) is 0 Å². The minimum absolute atomic E-state index is 0.457. The molecular formula is C15H19ClN4. The van der Waals surface area contributed by atoms with Crippen LogP contribution in [0.1, 0.15) is 30.3 Å². The Kier molecular flexibility index (Phi) is 2.97. The van der Waals surface area contributed by atoms with Crippen molar-refractivity contribution in [3.8, 4) is 0 Å². The molecule has 3 aliphatic rings. The van der Waals surface area contributed by atoms with Crippen LogP contribution in [0.4, 0.5) is 0 Å². The van der Waals surface area contributed by atoms with Gasteiger partial charge in [0.15, 0.2) is 5.65 Å². The average molecular weight is 291 g/mol. The predicted molar refractivity (Wildman–Crippen MR) is 80.0 cm³/mol. The van der Waals surface area contributed by atoms with Gasteiger partial charge in [0, 0.05) is 12.7 Å². The van der Waals surface area contributed by atoms with Gasteiger partial charge in [0.2, 0.25) is 0 Å². The maximum Gasteiger partial charge on any atom is 0.160 e. The number of piperidine rings is 3. The molecule has 2 aromatic rings. The van der Waals surface area contributed by atoms with E-state index in [0.29, 0.717) is 11.9 Å². The Morgan fingerprint density at radius 2 is 2.15 bits per heavy atom. The third-order valence-electron chi connectivity index (χ3n) is 4.93. The van der Waals surface area contributed by atoms with Gasteiger partial charge in [-0.1, -0.05) is 0 Å². The lowest BCUT2D eigenvalue weighted by molar-refractivity contribution is 0.0576. The van der Waals surface area contributed by atoms with Crippen molar-refractivity contribution < 1.29 is 0 Å². The van der Waals surface area contributed by atoms with Crippen LogP contribution in [0, 0.1) is 12.8 Å². The summed E-state index contributed by atoms with van der Waals surface area (Å²) in [5.74, 6) is 2.18. The van der Waals surface area contributed by atoms with Crippen molar-refractivity contribution in [1.29, 1.82) is 0 Å². The number of nitrogens with zero attached hydrogens (tertiary/aromatic N) is 4. The highest BCUT2D eigenvalue weighted by molar-refractivity contribution is 6.16. The summed E-state index contributed by atoms with van der Waals surface area (Å²) in [6, 6.07) is 2.51. The number of fused-ring (bicyclic) bond motifs is 4. The van der Waals surface area contributed by atoms with E-state index in [1.165, 1.54) is 31.5 Å². The van der Waals surface area contributed by atoms with Crippen molar-refractivity contribution in [3.63, 3.8) is 0 Å². The summed E-state index contributed by atoms with van der Waals surface area (Å²) in [4.78, 5) is 11.9. The van der Waals surface area contributed by atoms with Gasteiger partial charge in [0.25, 0.3) is 0 Å². The first-order valence-electron chi connectivity index (χ1n) is 7.38. The summed E-state index contributed by atoms with van der Waals surface area (Å²) < 4.78 is 2.32. The van der Waals surface area contributed by atoms with E-state index in [2.05, 4.69) is 21.4 Å². The molecule has 2 bridgehead atoms. The molecule has 1 atom stereocenters. The molecule has 0 aromatic carbocycles. The number of alkyl halides is 1. The Morgan fingerprint density at radius 3 is 2.80 bits per heavy atom. The third kappa shape index (κ3) is 1.78. The highest BCUT2D eigenvalue weighted by Crippen LogP contribution is 2.38. The molecule has 2 aromatic heterocycles. The van der Waals surface area contributed by atoms with E-state index < -0.39 is 0 Å². The number of pyridine rings is 1. The molecule has 5 rings (SSSR count). The zero-order valence-electron chi connectivity index (χ0n) is 11.7. The van der Waals surface area contributed by atoms with Crippen molar-refractivity contribution in [2.24, 2.45) is 5.92 Å². The lowest BCUT2D eigenvalue weighted by Crippen LogP contribution is -2.48. The van der Waals surface area contributed by atoms with E-state index >= 15 is 0 Å². The summed E-state index contributed by atoms with van der Waals surface area (Å²) in [6.07, 6.45) is 4.46. The lowest BCUT2D eigenvalue weighted by Gasteiger charge is -2.45. The number of aromatic nitrogens is 3. The van der Waals surface area contributed by atoms with Gasteiger partial charge in [0.05, 0.1) is 11.9 Å². The van der Waals surface area contributed by atoms with E-state index in [1.54, 1.807) is 0 Å². The second kappa shape index (κ2) is 4.71. The van der Waals surface area contributed by atoms with Gasteiger partial charge in [-0.2, -0.15) is 0 Å². The number of rotatable bonds is 2. The zero-order chi connectivity index (χ0) is 13.7. The number of hydrogen-bond acceptors (Lipinski definition) is 3. The van der Waals surface area contributed by atoms with Gasteiger partial charge >= 0.3 is 0 Å². The molecule has 5 heteroatoms. The molecule has 0 amide bonds. The van der Waals surface area contributed by atoms with Gasteiger partial charge < -0.3 is 9.47 Å². The first-order chi connectivity index (χ1) is 9.78. The summed E-state index contributed by atoms with van der Waals surface area (Å²) >= 11 is 6.15. The standard InChI is InChI=1S/C15H19ClN4/c1-10-2-5-17-15-14(10)18-13(8-16)20(15)12-9-19-6-3-11(12)4-7-19/h2,5,11-12H,3-4,6-9H2,1H3. The van der Waals surface area contributed by atoms with Crippen LogP contribution in [-0.4, -0.2) is 39.1 Å². The highest BCUT2D eigenvalue weighted by atomic mass is 35.5. The van der Waals surface area contributed by atoms with Crippen molar-refractivity contribution >= 4 is 22.8 Å². The Bertz CT molecular complexity index is 643. The maximum atomic E-state index is 6.15. The molecule has 106 valence electrons. The number of imidazole rings is 1. The largest absolute Gasteiger partial charge is 0.307 e. The van der Waals surface area contributed by atoms with Crippen LogP contribution in [0.5, 0.6) is 0 Å². The van der Waals surface area contributed by atoms with Crippen LogP contribution in [0.2, 0.25) is 0 Å². The minimum atomic E-state index is 0.457. The highest BCUT2D eigenvalue weighted by Gasteiger charge is 2.37. The number of hydrogen-bond donors (Lipinski definition) is 0. The molecule has 0 saturated carbocycles. The predicted octanol–water partition coefficient (Wildman–Crippen LogP) is 2.75. The van der Waals surface area contributed by atoms with Gasteiger partial charge in [-0.25, -0.2) is 9.97 Å². The normalized spacial score (nSPS) is 29.2. The van der Waals surface area contributed by atoms with Crippen molar-refractivity contribution in [2.45, 2.75) is 31.7 Å². The molecule has 0 aliphatic carbocycles. The van der Waals surface area contributed by atoms with Crippen molar-refractivity contribution in [1.82, 2.24) is 19.4 Å². The molecule has 0 radical (unpaired) electrons. The second-order valence-electron chi connectivity index (χ2n) is 6.04. The molecule has 3 fully saturated rings. The topological polar surface area (TPSA) is 34.0 Å². The Hall–Kier alpha value is -1.13. The Morgan fingerprint density at radius 1 is 1.35 bits per heavy atom. The first-order valence-corrected chi connectivity index (χ1v) is 7.92. The zero-order valence-corrected chi connectivity index (χ0v) is 12.5. The van der Waals surface area contributed by atoms with Crippen LogP contribution in [0.3, 0.4) is 0 Å². The Labute approximate surface area is 123 Å². The SMILES string of the molecule is Cc1ccnc2c1nc(CCl)n2C1CN2CCC1CC2. The summed E-state index contributed by atoms with van der Waals surface area (Å²) in [6.45, 7) is 5.71. The fourth-order valence-corrected chi connectivity index (χ4v) is 4.01. The quantitative estimate of drug-likeness (QED) is 0.798. The van der Waals surface area contributed by atoms with Crippen LogP contribution in [0.15, 0.2) is 12.3 Å². The van der Waals surface area contributed by atoms with E-state index in [4.69, 9.17) is 16.6 Å². The molecule has 5 heterocycles. The molecule has 3 saturated heterocycles. The molecule has 20 heavy (non-hydrogen) atoms. The second-order valence-corrected chi connectivity index (χ2v) is 6.30. The summed E-state index contributed by atoms with van der Waals surface area (Å²) in [5.41, 5.74) is 3.21. The monoisotopic (exact) mass is 290 g/mol. The maximum absolute atomic E-state index is 6.15. The molecule has 0 N–H and O–H groups in total. The summed E-state index contributed by atoms with van der Waals surface area (Å²) in [7, 11) is 0. The molecule has 4 nitrogen and oxygen atoms in total. The summed E-state index contributed by atoms with van der Waals surface area (Å²) in [5, 5.41) is 0. The first kappa shape index (κ1) is 12.6. The van der Waals surface area contributed by atoms with Gasteiger partial charge in [-0.3, -0.25) is 0 Å². The molecule has 0 spiro atoms. The fraction of sp³-hybridized carbons (Fsp3) is 0.600. The molecule has 1 unspecified atom stereocenters. The van der Waals surface area contributed by atoms with Gasteiger partial charge in [0.1, 0.15) is 11.3 Å². The van der Waals surface area contributed by atoms with Crippen molar-refractivity contribution in [3.05, 3.63) is 23.7 Å². The number of aryl methyl sites for hydroxylation is 1. The molecular weight excluding hydrogens is 272 g/mol. The van der Waals surface area contributed by atoms with E-state index in [0.717, 1.165) is 29.5 Å². The fourth-order valence-electron chi connectivity index (χ4n) is 3.82. The van der Waals surface area contributed by atoms with Crippen LogP contribution in [-0.2, 0) is 5.88 Å². The molecule has 3 aliphatic heterocycles. The lowest BCUT2D eigenvalue weighted by atomic mass is 9.84. The van der Waals surface area contributed by atoms with Crippen LogP contribution >= 0.6 is 11.6 Å². The minimum Gasteiger partial charge on any atom is -0.307 e. The number of halogens is 1. The van der Waals surface area contributed by atoms with Crippen molar-refractivity contribution in [2.75, 3.05) is 19.6 Å². The van der Waals surface area contributed by atoms with E-state index in [-0.39, 0.29) is 0 Å². The smallest absolute Gasteiger partial charge is 0.160 e. The van der Waals surface area contributed by atoms with Crippen LogP contribution in [0.25, 0.3) is 11.2 Å². The Balaban J connectivity index is 1.88. The van der Waals surface area contributed by atoms with Gasteiger partial charge in [-0.15, -0.1) is 11.6 Å². The van der Waals surface area contributed by atoms with E-state index in [1.807, 2.05) is 12.3 Å².